The van der Waals surface area contributed by atoms with E-state index >= 15 is 0 Å². The molecule has 1 amide bonds. The van der Waals surface area contributed by atoms with Crippen LogP contribution in [0, 0.1) is 0 Å². The van der Waals surface area contributed by atoms with Crippen LogP contribution in [0.3, 0.4) is 0 Å². The highest BCUT2D eigenvalue weighted by atomic mass is 35.5. The number of aromatic hydroxyl groups is 1. The van der Waals surface area contributed by atoms with E-state index in [2.05, 4.69) is 11.9 Å². The Hall–Kier alpha value is -6.55. The lowest BCUT2D eigenvalue weighted by atomic mass is 9.88. The predicted octanol–water partition coefficient (Wildman–Crippen LogP) is 8.03. The van der Waals surface area contributed by atoms with Crippen LogP contribution in [0.5, 0.6) is 17.2 Å². The Kier molecular flexibility index (Phi) is 8.84. The highest BCUT2D eigenvalue weighted by Gasteiger charge is 2.31. The van der Waals surface area contributed by atoms with Crippen LogP contribution in [0.2, 0.25) is 10.0 Å². The maximum absolute atomic E-state index is 13.9. The number of ether oxygens (including phenoxy) is 1. The Labute approximate surface area is 323 Å². The number of rotatable bonds is 7. The first-order valence-electron chi connectivity index (χ1n) is 17.0. The number of benzene rings is 6. The van der Waals surface area contributed by atoms with Crippen molar-refractivity contribution in [2.45, 2.75) is 6.54 Å². The largest absolute Gasteiger partial charge is 0.508 e. The van der Waals surface area contributed by atoms with Crippen molar-refractivity contribution >= 4 is 63.9 Å². The number of anilines is 1. The van der Waals surface area contributed by atoms with Crippen molar-refractivity contribution in [1.29, 1.82) is 0 Å². The monoisotopic (exact) mass is 768 g/mol. The summed E-state index contributed by atoms with van der Waals surface area (Å²) in [5, 5.41) is 25.2. The molecule has 55 heavy (non-hydrogen) atoms. The van der Waals surface area contributed by atoms with E-state index in [0.29, 0.717) is 44.4 Å². The number of hydrogen-bond acceptors (Lipinski definition) is 7. The minimum atomic E-state index is -1.31. The predicted molar refractivity (Wildman–Crippen MR) is 214 cm³/mol. The van der Waals surface area contributed by atoms with Gasteiger partial charge in [-0.3, -0.25) is 9.59 Å². The fourth-order valence-electron chi connectivity index (χ4n) is 6.94. The van der Waals surface area contributed by atoms with Crippen molar-refractivity contribution in [2.24, 2.45) is 0 Å². The number of halogens is 2. The molecule has 0 bridgehead atoms. The van der Waals surface area contributed by atoms with Gasteiger partial charge in [-0.05, 0) is 64.9 Å². The van der Waals surface area contributed by atoms with Gasteiger partial charge >= 0.3 is 5.97 Å². The molecule has 0 spiro atoms. The third kappa shape index (κ3) is 6.33. The molecular formula is C44H30Cl2N2O7. The number of carbonyl (C=O) groups is 2. The Morgan fingerprint density at radius 3 is 2.35 bits per heavy atom. The standard InChI is InChI=1S/C44H30Cl2N2O7/c1-22-4-12-30-34(16-22)54-35-17-25(48(2)3)9-13-31(35)39(30)41-40(44(52)53)33(45)20-32(42(41)46)43(51)47-21-23-5-7-24(8-6-23)38-28-14-10-26(49)18-36(28)55-37-19-27(50)11-15-29(37)38/h4-20,49H,1,21H2,2-3H3,(H,47,51)(H,52,53). The van der Waals surface area contributed by atoms with Gasteiger partial charge in [0.2, 0.25) is 0 Å². The van der Waals surface area contributed by atoms with Crippen LogP contribution < -0.4 is 30.8 Å². The molecule has 0 fully saturated rings. The van der Waals surface area contributed by atoms with Gasteiger partial charge in [0, 0.05) is 83.0 Å². The highest BCUT2D eigenvalue weighted by molar-refractivity contribution is 6.40. The first-order valence-corrected chi connectivity index (χ1v) is 17.8. The SMILES string of the molecule is C=c1ccc2c(c1)Oc1cc(N(C)C)ccc1C=2c1c(Cl)c(C(=O)NCc2ccc(-c3c4ccc(=O)cc-4oc4cc(O)ccc34)cc2)cc(Cl)c1C(=O)O. The van der Waals surface area contributed by atoms with Gasteiger partial charge in [0.15, 0.2) is 5.43 Å². The fourth-order valence-corrected chi connectivity index (χ4v) is 7.56. The van der Waals surface area contributed by atoms with E-state index in [-0.39, 0.29) is 44.5 Å². The van der Waals surface area contributed by atoms with Crippen LogP contribution in [-0.2, 0) is 6.54 Å². The number of carbonyl (C=O) groups excluding carboxylic acids is 1. The molecule has 272 valence electrons. The van der Waals surface area contributed by atoms with Gasteiger partial charge in [0.1, 0.15) is 28.6 Å². The lowest BCUT2D eigenvalue weighted by molar-refractivity contribution is 0.0696. The van der Waals surface area contributed by atoms with Crippen molar-refractivity contribution in [3.63, 3.8) is 0 Å². The number of carboxylic acids is 1. The molecule has 8 rings (SSSR count). The average Bonchev–Trinajstić information content (AvgIpc) is 3.15. The Balaban J connectivity index is 1.17. The van der Waals surface area contributed by atoms with Gasteiger partial charge in [0.05, 0.1) is 21.2 Å². The van der Waals surface area contributed by atoms with Gasteiger partial charge < -0.3 is 29.6 Å². The summed E-state index contributed by atoms with van der Waals surface area (Å²) in [6.07, 6.45) is 0. The normalized spacial score (nSPS) is 11.9. The number of nitrogens with zero attached hydrogens (tertiary/aromatic N) is 1. The van der Waals surface area contributed by atoms with E-state index < -0.39 is 11.9 Å². The molecule has 5 aromatic rings. The first-order chi connectivity index (χ1) is 26.4. The van der Waals surface area contributed by atoms with E-state index in [1.54, 1.807) is 36.4 Å². The van der Waals surface area contributed by atoms with Crippen molar-refractivity contribution in [1.82, 2.24) is 5.32 Å². The van der Waals surface area contributed by atoms with Gasteiger partial charge in [-0.2, -0.15) is 0 Å². The Morgan fingerprint density at radius 1 is 0.836 bits per heavy atom. The summed E-state index contributed by atoms with van der Waals surface area (Å²) >= 11 is 13.8. The molecule has 3 aliphatic rings. The van der Waals surface area contributed by atoms with E-state index in [4.69, 9.17) is 32.4 Å². The zero-order chi connectivity index (χ0) is 38.7. The number of amides is 1. The summed E-state index contributed by atoms with van der Waals surface area (Å²) in [5.74, 6) is -0.533. The Bertz CT molecular complexity index is 2900. The second kappa shape index (κ2) is 13.7. The van der Waals surface area contributed by atoms with E-state index in [1.807, 2.05) is 61.5 Å². The number of fused-ring (bicyclic) bond motifs is 4. The van der Waals surface area contributed by atoms with Crippen molar-refractivity contribution in [3.05, 3.63) is 162 Å². The van der Waals surface area contributed by atoms with Gasteiger partial charge in [-0.25, -0.2) is 4.79 Å². The molecule has 2 aliphatic heterocycles. The fraction of sp³-hybridized carbons (Fsp3) is 0.0682. The lowest BCUT2D eigenvalue weighted by Crippen LogP contribution is -2.25. The molecule has 0 saturated carbocycles. The van der Waals surface area contributed by atoms with Crippen LogP contribution in [0.15, 0.2) is 112 Å². The molecular weight excluding hydrogens is 739 g/mol. The molecule has 0 radical (unpaired) electrons. The minimum absolute atomic E-state index is 0.00367. The van der Waals surface area contributed by atoms with Gasteiger partial charge in [0.25, 0.3) is 5.91 Å². The van der Waals surface area contributed by atoms with Crippen LogP contribution in [0.4, 0.5) is 5.69 Å². The van der Waals surface area contributed by atoms with Crippen molar-refractivity contribution < 1.29 is 29.0 Å². The summed E-state index contributed by atoms with van der Waals surface area (Å²) in [6, 6.07) is 29.1. The maximum Gasteiger partial charge on any atom is 0.337 e. The zero-order valence-electron chi connectivity index (χ0n) is 29.4. The van der Waals surface area contributed by atoms with Crippen LogP contribution >= 0.6 is 23.2 Å². The molecule has 0 aromatic heterocycles. The molecule has 1 aliphatic carbocycles. The van der Waals surface area contributed by atoms with Gasteiger partial charge in [-0.15, -0.1) is 0 Å². The van der Waals surface area contributed by atoms with E-state index in [1.165, 1.54) is 24.3 Å². The topological polar surface area (TPSA) is 129 Å². The highest BCUT2D eigenvalue weighted by Crippen LogP contribution is 2.44. The summed E-state index contributed by atoms with van der Waals surface area (Å²) in [5.41, 5.74) is 5.06. The first kappa shape index (κ1) is 35.5. The molecule has 9 nitrogen and oxygen atoms in total. The lowest BCUT2D eigenvalue weighted by Gasteiger charge is -2.25. The van der Waals surface area contributed by atoms with Crippen LogP contribution in [-0.4, -0.2) is 36.2 Å². The molecule has 5 aromatic carbocycles. The minimum Gasteiger partial charge on any atom is -0.508 e. The van der Waals surface area contributed by atoms with Crippen LogP contribution in [0.25, 0.3) is 45.6 Å². The van der Waals surface area contributed by atoms with Gasteiger partial charge in [-0.1, -0.05) is 66.2 Å². The molecule has 0 unspecified atom stereocenters. The quantitative estimate of drug-likeness (QED) is 0.139. The number of hydrogen-bond donors (Lipinski definition) is 3. The second-order valence-electron chi connectivity index (χ2n) is 13.4. The molecule has 3 N–H and O–H groups in total. The Morgan fingerprint density at radius 2 is 1.60 bits per heavy atom. The summed E-state index contributed by atoms with van der Waals surface area (Å²) in [7, 11) is 3.79. The smallest absolute Gasteiger partial charge is 0.337 e. The molecule has 0 saturated heterocycles. The zero-order valence-corrected chi connectivity index (χ0v) is 30.9. The number of aromatic carboxylic acids is 1. The van der Waals surface area contributed by atoms with Crippen LogP contribution in [0.1, 0.15) is 37.4 Å². The van der Waals surface area contributed by atoms with E-state index in [9.17, 15) is 24.6 Å². The average molecular weight is 770 g/mol. The maximum atomic E-state index is 13.9. The number of phenols is 1. The summed E-state index contributed by atoms with van der Waals surface area (Å²) < 4.78 is 12.3. The summed E-state index contributed by atoms with van der Waals surface area (Å²) in [4.78, 5) is 40.8. The number of nitrogens with one attached hydrogen (secondary N) is 1. The van der Waals surface area contributed by atoms with Crippen molar-refractivity contribution in [2.75, 3.05) is 19.0 Å². The van der Waals surface area contributed by atoms with Crippen molar-refractivity contribution in [3.8, 4) is 39.7 Å². The number of carboxylic acid groups (broad SMARTS) is 1. The van der Waals surface area contributed by atoms with E-state index in [0.717, 1.165) is 33.3 Å². The molecule has 11 heteroatoms. The summed E-state index contributed by atoms with van der Waals surface area (Å²) in [6.45, 7) is 4.13. The number of phenolic OH excluding ortho intramolecular Hbond substituents is 1. The third-order valence-electron chi connectivity index (χ3n) is 9.58. The molecule has 2 heterocycles. The molecule has 0 atom stereocenters. The third-order valence-corrected chi connectivity index (χ3v) is 10.3. The second-order valence-corrected chi connectivity index (χ2v) is 14.1.